The first-order valence-corrected chi connectivity index (χ1v) is 10.3. The summed E-state index contributed by atoms with van der Waals surface area (Å²) in [5, 5.41) is 8.66. The summed E-state index contributed by atoms with van der Waals surface area (Å²) in [5.41, 5.74) is 2.42. The van der Waals surface area contributed by atoms with Gasteiger partial charge in [0.25, 0.3) is 0 Å². The molecule has 144 valence electrons. The summed E-state index contributed by atoms with van der Waals surface area (Å²) < 4.78 is 7.78. The molecule has 0 spiro atoms. The first-order chi connectivity index (χ1) is 13.1. The van der Waals surface area contributed by atoms with Gasteiger partial charge in [0.15, 0.2) is 5.78 Å². The molecule has 2 heterocycles. The molecule has 1 aromatic carbocycles. The number of carbonyl (C=O) groups is 1. The van der Waals surface area contributed by atoms with E-state index in [1.54, 1.807) is 18.7 Å². The van der Waals surface area contributed by atoms with Crippen LogP contribution in [-0.2, 0) is 4.79 Å². The van der Waals surface area contributed by atoms with Crippen LogP contribution in [0.25, 0.3) is 0 Å². The molecule has 0 saturated carbocycles. The fourth-order valence-electron chi connectivity index (χ4n) is 3.18. The monoisotopic (exact) mass is 386 g/mol. The van der Waals surface area contributed by atoms with Crippen molar-refractivity contribution in [1.82, 2.24) is 14.8 Å². The van der Waals surface area contributed by atoms with Crippen molar-refractivity contribution < 1.29 is 9.53 Å². The summed E-state index contributed by atoms with van der Waals surface area (Å²) >= 11 is 1.62. The van der Waals surface area contributed by atoms with Crippen LogP contribution in [0.15, 0.2) is 40.7 Å². The minimum Gasteiger partial charge on any atom is -0.493 e. The van der Waals surface area contributed by atoms with Crippen molar-refractivity contribution in [1.29, 1.82) is 0 Å². The Balaban J connectivity index is 2.11. The SMILES string of the molecule is CCCOc1ccccc1C1C(C(C)=O)=C(C)Nc2nc(SCCC)nn21. The van der Waals surface area contributed by atoms with Gasteiger partial charge in [0, 0.05) is 22.6 Å². The van der Waals surface area contributed by atoms with E-state index in [2.05, 4.69) is 24.1 Å². The van der Waals surface area contributed by atoms with Gasteiger partial charge in [-0.1, -0.05) is 43.8 Å². The maximum Gasteiger partial charge on any atom is 0.227 e. The smallest absolute Gasteiger partial charge is 0.227 e. The number of ketones is 1. The standard InChI is InChI=1S/C20H26N4O2S/c1-5-11-26-16-10-8-7-9-15(16)18-17(14(4)25)13(3)21-19-22-20(23-24(18)19)27-12-6-2/h7-10,18H,5-6,11-12H2,1-4H3,(H,21,22,23). The van der Waals surface area contributed by atoms with Crippen LogP contribution in [0.1, 0.15) is 52.1 Å². The number of nitrogens with zero attached hydrogens (tertiary/aromatic N) is 3. The molecular formula is C20H26N4O2S. The fourth-order valence-corrected chi connectivity index (χ4v) is 3.86. The number of anilines is 1. The van der Waals surface area contributed by atoms with Crippen LogP contribution in [0.3, 0.4) is 0 Å². The average molecular weight is 387 g/mol. The lowest BCUT2D eigenvalue weighted by Gasteiger charge is -2.29. The van der Waals surface area contributed by atoms with Gasteiger partial charge in [0.1, 0.15) is 11.8 Å². The van der Waals surface area contributed by atoms with Gasteiger partial charge in [0.05, 0.1) is 6.61 Å². The summed E-state index contributed by atoms with van der Waals surface area (Å²) in [4.78, 5) is 17.1. The predicted octanol–water partition coefficient (Wildman–Crippen LogP) is 4.45. The number of hydrogen-bond donors (Lipinski definition) is 1. The number of allylic oxidation sites excluding steroid dienone is 2. The molecule has 0 bridgehead atoms. The highest BCUT2D eigenvalue weighted by Crippen LogP contribution is 2.40. The van der Waals surface area contributed by atoms with Crippen molar-refractivity contribution >= 4 is 23.5 Å². The Hall–Kier alpha value is -2.28. The zero-order valence-electron chi connectivity index (χ0n) is 16.3. The predicted molar refractivity (Wildman–Crippen MR) is 108 cm³/mol. The van der Waals surface area contributed by atoms with Crippen LogP contribution < -0.4 is 10.1 Å². The Morgan fingerprint density at radius 2 is 2.07 bits per heavy atom. The summed E-state index contributed by atoms with van der Waals surface area (Å²) in [7, 11) is 0. The largest absolute Gasteiger partial charge is 0.493 e. The number of ether oxygens (including phenoxy) is 1. The molecule has 0 saturated heterocycles. The Kier molecular flexibility index (Phi) is 6.21. The van der Waals surface area contributed by atoms with Crippen LogP contribution in [0.4, 0.5) is 5.95 Å². The Labute approximate surface area is 164 Å². The molecule has 0 amide bonds. The molecular weight excluding hydrogens is 360 g/mol. The molecule has 6 nitrogen and oxygen atoms in total. The van der Waals surface area contributed by atoms with Gasteiger partial charge in [-0.15, -0.1) is 5.10 Å². The lowest BCUT2D eigenvalue weighted by atomic mass is 9.92. The van der Waals surface area contributed by atoms with Crippen molar-refractivity contribution in [2.75, 3.05) is 17.7 Å². The Morgan fingerprint density at radius 1 is 1.30 bits per heavy atom. The lowest BCUT2D eigenvalue weighted by Crippen LogP contribution is -2.28. The number of rotatable bonds is 8. The minimum atomic E-state index is -0.352. The van der Waals surface area contributed by atoms with Gasteiger partial charge >= 0.3 is 0 Å². The average Bonchev–Trinajstić information content (AvgIpc) is 3.05. The van der Waals surface area contributed by atoms with Crippen LogP contribution in [0.2, 0.25) is 0 Å². The van der Waals surface area contributed by atoms with Gasteiger partial charge in [-0.25, -0.2) is 4.68 Å². The van der Waals surface area contributed by atoms with Gasteiger partial charge in [-0.05, 0) is 32.8 Å². The van der Waals surface area contributed by atoms with Crippen molar-refractivity contribution in [3.05, 3.63) is 41.1 Å². The molecule has 1 aliphatic rings. The molecule has 1 atom stereocenters. The van der Waals surface area contributed by atoms with Crippen molar-refractivity contribution in [2.24, 2.45) is 0 Å². The summed E-state index contributed by atoms with van der Waals surface area (Å²) in [6.45, 7) is 8.34. The van der Waals surface area contributed by atoms with E-state index in [4.69, 9.17) is 9.84 Å². The second-order valence-electron chi connectivity index (χ2n) is 6.52. The molecule has 1 N–H and O–H groups in total. The van der Waals surface area contributed by atoms with E-state index >= 15 is 0 Å². The molecule has 1 aromatic heterocycles. The van der Waals surface area contributed by atoms with E-state index in [0.29, 0.717) is 23.3 Å². The molecule has 2 aromatic rings. The second kappa shape index (κ2) is 8.61. The molecule has 1 aliphatic heterocycles. The number of Topliss-reactive ketones (excluding diaryl/α,β-unsaturated/α-hetero) is 1. The summed E-state index contributed by atoms with van der Waals surface area (Å²) in [5.74, 6) is 2.41. The molecule has 27 heavy (non-hydrogen) atoms. The number of benzene rings is 1. The summed E-state index contributed by atoms with van der Waals surface area (Å²) in [6.07, 6.45) is 1.97. The quantitative estimate of drug-likeness (QED) is 0.676. The lowest BCUT2D eigenvalue weighted by molar-refractivity contribution is -0.114. The van der Waals surface area contributed by atoms with Gasteiger partial charge in [-0.2, -0.15) is 4.98 Å². The summed E-state index contributed by atoms with van der Waals surface area (Å²) in [6, 6.07) is 7.51. The first-order valence-electron chi connectivity index (χ1n) is 9.36. The van der Waals surface area contributed by atoms with Gasteiger partial charge in [-0.3, -0.25) is 4.79 Å². The highest BCUT2D eigenvalue weighted by Gasteiger charge is 2.34. The topological polar surface area (TPSA) is 69.0 Å². The van der Waals surface area contributed by atoms with Crippen molar-refractivity contribution in [3.8, 4) is 5.75 Å². The van der Waals surface area contributed by atoms with E-state index in [9.17, 15) is 4.79 Å². The van der Waals surface area contributed by atoms with E-state index in [1.165, 1.54) is 0 Å². The van der Waals surface area contributed by atoms with Crippen LogP contribution >= 0.6 is 11.8 Å². The van der Waals surface area contributed by atoms with E-state index in [0.717, 1.165) is 35.6 Å². The maximum atomic E-state index is 12.5. The normalized spacial score (nSPS) is 16.1. The van der Waals surface area contributed by atoms with Gasteiger partial charge < -0.3 is 10.1 Å². The number of fused-ring (bicyclic) bond motifs is 1. The molecule has 3 rings (SSSR count). The highest BCUT2D eigenvalue weighted by molar-refractivity contribution is 7.99. The molecule has 0 radical (unpaired) electrons. The van der Waals surface area contributed by atoms with Gasteiger partial charge in [0.2, 0.25) is 11.1 Å². The molecule has 0 fully saturated rings. The molecule has 1 unspecified atom stereocenters. The van der Waals surface area contributed by atoms with Crippen LogP contribution in [0.5, 0.6) is 5.75 Å². The Bertz CT molecular complexity index is 859. The van der Waals surface area contributed by atoms with Crippen molar-refractivity contribution in [2.45, 2.75) is 51.7 Å². The second-order valence-corrected chi connectivity index (χ2v) is 7.58. The first kappa shape index (κ1) is 19.5. The van der Waals surface area contributed by atoms with E-state index in [-0.39, 0.29) is 11.8 Å². The van der Waals surface area contributed by atoms with Crippen molar-refractivity contribution in [3.63, 3.8) is 0 Å². The fraction of sp³-hybridized carbons (Fsp3) is 0.450. The number of para-hydroxylation sites is 1. The van der Waals surface area contributed by atoms with Crippen LogP contribution in [0, 0.1) is 0 Å². The minimum absolute atomic E-state index is 0.0132. The third-order valence-electron chi connectivity index (χ3n) is 4.32. The highest BCUT2D eigenvalue weighted by atomic mass is 32.2. The Morgan fingerprint density at radius 3 is 2.78 bits per heavy atom. The van der Waals surface area contributed by atoms with E-state index in [1.807, 2.05) is 35.9 Å². The number of thioether (sulfide) groups is 1. The zero-order chi connectivity index (χ0) is 19.4. The van der Waals surface area contributed by atoms with Crippen LogP contribution in [-0.4, -0.2) is 32.9 Å². The molecule has 7 heteroatoms. The van der Waals surface area contributed by atoms with E-state index < -0.39 is 0 Å². The number of carbonyl (C=O) groups excluding carboxylic acids is 1. The third-order valence-corrected chi connectivity index (χ3v) is 5.37. The zero-order valence-corrected chi connectivity index (χ0v) is 17.1. The third kappa shape index (κ3) is 4.03. The maximum absolute atomic E-state index is 12.5. The number of hydrogen-bond acceptors (Lipinski definition) is 6. The number of nitrogens with one attached hydrogen (secondary N) is 1. The molecule has 0 aliphatic carbocycles. The number of aromatic nitrogens is 3.